The first-order valence-corrected chi connectivity index (χ1v) is 23.0. The highest BCUT2D eigenvalue weighted by Crippen LogP contribution is 2.37. The Labute approximate surface area is 422 Å². The van der Waals surface area contributed by atoms with Gasteiger partial charge in [-0.05, 0) is 133 Å². The molecule has 0 aliphatic rings. The van der Waals surface area contributed by atoms with E-state index < -0.39 is 35.0 Å². The Balaban J connectivity index is 1.15. The zero-order valence-corrected chi connectivity index (χ0v) is 40.2. The number of nitrogens with zero attached hydrogens (tertiary/aromatic N) is 7. The fourth-order valence-corrected chi connectivity index (χ4v) is 8.26. The molecule has 0 unspecified atom stereocenters. The number of ether oxygens (including phenoxy) is 1. The van der Waals surface area contributed by atoms with Gasteiger partial charge in [-0.15, -0.1) is 0 Å². The molecule has 9 aromatic rings. The number of aromatic nitrogens is 7. The van der Waals surface area contributed by atoms with Crippen LogP contribution in [0.3, 0.4) is 0 Å². The fourth-order valence-electron chi connectivity index (χ4n) is 8.26. The summed E-state index contributed by atoms with van der Waals surface area (Å²) in [5, 5.41) is 19.2. The molecule has 74 heavy (non-hydrogen) atoms. The number of carbonyl (C=O) groups is 3. The lowest BCUT2D eigenvalue weighted by atomic mass is 9.90. The summed E-state index contributed by atoms with van der Waals surface area (Å²) in [5.74, 6) is -1.09. The second-order valence-corrected chi connectivity index (χ2v) is 17.7. The van der Waals surface area contributed by atoms with E-state index in [9.17, 15) is 32.8 Å². The Kier molecular flexibility index (Phi) is 13.9. The van der Waals surface area contributed by atoms with Crippen LogP contribution >= 0.6 is 0 Å². The summed E-state index contributed by atoms with van der Waals surface area (Å²) >= 11 is 0. The Bertz CT molecular complexity index is 3680. The number of methoxy groups -OCH3 is 1. The Morgan fingerprint density at radius 1 is 0.676 bits per heavy atom. The number of H-pyrrole nitrogens is 1. The molecule has 6 heterocycles. The predicted octanol–water partition coefficient (Wildman–Crippen LogP) is 11.0. The Morgan fingerprint density at radius 3 is 2.05 bits per heavy atom. The molecule has 0 aliphatic heterocycles. The van der Waals surface area contributed by atoms with E-state index in [1.165, 1.54) is 25.6 Å². The number of nitriles is 1. The summed E-state index contributed by atoms with van der Waals surface area (Å²) in [7, 11) is 1.40. The van der Waals surface area contributed by atoms with Crippen LogP contribution in [0.1, 0.15) is 62.6 Å². The monoisotopic (exact) mass is 991 g/mol. The molecule has 9 rings (SSSR count). The van der Waals surface area contributed by atoms with Crippen LogP contribution in [-0.4, -0.2) is 66.3 Å². The van der Waals surface area contributed by atoms with Gasteiger partial charge in [-0.2, -0.15) is 18.4 Å². The van der Waals surface area contributed by atoms with Crippen LogP contribution in [0.25, 0.3) is 55.9 Å². The van der Waals surface area contributed by atoms with Gasteiger partial charge in [-0.1, -0.05) is 30.3 Å². The van der Waals surface area contributed by atoms with Crippen molar-refractivity contribution in [2.75, 3.05) is 29.7 Å². The Hall–Kier alpha value is -9.47. The van der Waals surface area contributed by atoms with Crippen molar-refractivity contribution < 1.29 is 32.3 Å². The highest BCUT2D eigenvalue weighted by Gasteiger charge is 2.33. The summed E-state index contributed by atoms with van der Waals surface area (Å²) in [6.07, 6.45) is 4.69. The van der Waals surface area contributed by atoms with Gasteiger partial charge in [0.25, 0.3) is 17.7 Å². The zero-order chi connectivity index (χ0) is 52.1. The van der Waals surface area contributed by atoms with E-state index in [-0.39, 0.29) is 35.9 Å². The molecule has 0 spiro atoms. The lowest BCUT2D eigenvalue weighted by molar-refractivity contribution is -0.141. The zero-order valence-electron chi connectivity index (χ0n) is 40.2. The lowest BCUT2D eigenvalue weighted by Crippen LogP contribution is -2.18. The van der Waals surface area contributed by atoms with Crippen molar-refractivity contribution in [2.45, 2.75) is 38.8 Å². The molecule has 0 aliphatic carbocycles. The molecule has 0 radical (unpaired) electrons. The highest BCUT2D eigenvalue weighted by atomic mass is 19.4. The van der Waals surface area contributed by atoms with E-state index in [1.807, 2.05) is 55.6 Å². The fraction of sp³-hybridized carbons (Fsp3) is 0.143. The molecule has 3 aromatic carbocycles. The Morgan fingerprint density at radius 2 is 1.34 bits per heavy atom. The van der Waals surface area contributed by atoms with Crippen molar-refractivity contribution in [1.82, 2.24) is 34.9 Å². The third kappa shape index (κ3) is 10.9. The SMILES string of the molecule is COCC(=O)Nc1cc(-c2ncc(Cc3ccc(NC(=O)c4ccnc(C(C)(C)C#N)c4)cc3-c3cccc(-c4ccnc5[nH]ccc45)c3)c(-c3cc(NC(=O)c4ccnc(C(F)(F)F)c4)ccc3C)n2)ccn1. The number of hydrogen-bond acceptors (Lipinski definition) is 11. The summed E-state index contributed by atoms with van der Waals surface area (Å²) in [5.41, 5.74) is 7.11. The average molecular weight is 992 g/mol. The maximum atomic E-state index is 13.9. The van der Waals surface area contributed by atoms with Crippen LogP contribution in [0.15, 0.2) is 146 Å². The molecule has 0 bridgehead atoms. The minimum Gasteiger partial charge on any atom is -0.375 e. The number of aromatic amines is 1. The van der Waals surface area contributed by atoms with Gasteiger partial charge in [-0.3, -0.25) is 24.4 Å². The third-order valence-electron chi connectivity index (χ3n) is 12.1. The summed E-state index contributed by atoms with van der Waals surface area (Å²) in [6.45, 7) is 5.13. The largest absolute Gasteiger partial charge is 0.433 e. The summed E-state index contributed by atoms with van der Waals surface area (Å²) < 4.78 is 45.7. The molecule has 0 atom stereocenters. The molecule has 3 amide bonds. The van der Waals surface area contributed by atoms with Gasteiger partial charge >= 0.3 is 6.18 Å². The number of amides is 3. The van der Waals surface area contributed by atoms with Crippen molar-refractivity contribution in [3.8, 4) is 51.0 Å². The van der Waals surface area contributed by atoms with Crippen LogP contribution in [-0.2, 0) is 27.5 Å². The van der Waals surface area contributed by atoms with Crippen LogP contribution in [0.4, 0.5) is 30.4 Å². The molecule has 4 N–H and O–H groups in total. The maximum absolute atomic E-state index is 13.9. The number of aryl methyl sites for hydroxylation is 1. The molecular formula is C56H44F3N11O4. The third-order valence-corrected chi connectivity index (χ3v) is 12.1. The number of rotatable bonds is 14. The van der Waals surface area contributed by atoms with Gasteiger partial charge < -0.3 is 25.7 Å². The minimum absolute atomic E-state index is 0.189. The number of nitrogens with one attached hydrogen (secondary N) is 4. The number of anilines is 3. The smallest absolute Gasteiger partial charge is 0.375 e. The second kappa shape index (κ2) is 20.7. The molecule has 0 saturated carbocycles. The van der Waals surface area contributed by atoms with E-state index >= 15 is 0 Å². The van der Waals surface area contributed by atoms with Crippen LogP contribution in [0.2, 0.25) is 0 Å². The minimum atomic E-state index is -4.76. The number of fused-ring (bicyclic) bond motifs is 1. The van der Waals surface area contributed by atoms with Crippen LogP contribution in [0, 0.1) is 18.3 Å². The number of alkyl halides is 3. The van der Waals surface area contributed by atoms with E-state index in [0.717, 1.165) is 50.6 Å². The molecule has 0 saturated heterocycles. The van der Waals surface area contributed by atoms with Crippen LogP contribution in [0.5, 0.6) is 0 Å². The molecule has 368 valence electrons. The van der Waals surface area contributed by atoms with E-state index in [1.54, 1.807) is 74.8 Å². The normalized spacial score (nSPS) is 11.5. The standard InChI is InChI=1S/C56H44F3N11O4/c1-32-8-10-40(67-54(73)38-14-18-62-47(25-38)56(57,58)59)27-44(32)50-39(29-66-51(70-50)36-12-19-63-48(26-36)69-49(71)30-74-4)23-35-9-11-41(68-53(72)37-13-17-61-46(24-37)55(2,3)31-60)28-45(35)34-7-5-6-33(22-34)42-15-20-64-52-43(42)16-21-65-52/h5-22,24-29H,23,30H2,1-4H3,(H,64,65)(H,67,73)(H,68,72)(H,63,69,71). The maximum Gasteiger partial charge on any atom is 0.433 e. The number of halogens is 3. The second-order valence-electron chi connectivity index (χ2n) is 17.7. The molecule has 18 heteroatoms. The van der Waals surface area contributed by atoms with Crippen molar-refractivity contribution >= 4 is 45.9 Å². The number of hydrogen-bond donors (Lipinski definition) is 4. The molecule has 0 fully saturated rings. The number of pyridine rings is 4. The topological polar surface area (TPSA) is 213 Å². The first-order valence-electron chi connectivity index (χ1n) is 23.0. The number of carbonyl (C=O) groups excluding carboxylic acids is 3. The van der Waals surface area contributed by atoms with E-state index in [4.69, 9.17) is 14.7 Å². The van der Waals surface area contributed by atoms with Crippen molar-refractivity contribution in [3.63, 3.8) is 0 Å². The number of benzene rings is 3. The van der Waals surface area contributed by atoms with Crippen molar-refractivity contribution in [2.24, 2.45) is 0 Å². The van der Waals surface area contributed by atoms with Crippen molar-refractivity contribution in [3.05, 3.63) is 186 Å². The summed E-state index contributed by atoms with van der Waals surface area (Å²) in [6, 6.07) is 33.3. The first kappa shape index (κ1) is 49.5. The van der Waals surface area contributed by atoms with Crippen molar-refractivity contribution in [1.29, 1.82) is 5.26 Å². The average Bonchev–Trinajstić information content (AvgIpc) is 3.89. The molecular weight excluding hydrogens is 948 g/mol. The predicted molar refractivity (Wildman–Crippen MR) is 274 cm³/mol. The van der Waals surface area contributed by atoms with Crippen LogP contribution < -0.4 is 16.0 Å². The molecule has 6 aromatic heterocycles. The molecule has 15 nitrogen and oxygen atoms in total. The lowest BCUT2D eigenvalue weighted by Gasteiger charge is -2.18. The van der Waals surface area contributed by atoms with Gasteiger partial charge in [0.05, 0.1) is 22.9 Å². The quantitative estimate of drug-likeness (QED) is 0.0804. The van der Waals surface area contributed by atoms with Gasteiger partial charge in [0.2, 0.25) is 0 Å². The van der Waals surface area contributed by atoms with E-state index in [0.29, 0.717) is 45.4 Å². The van der Waals surface area contributed by atoms with Gasteiger partial charge in [0.15, 0.2) is 5.82 Å². The van der Waals surface area contributed by atoms with Gasteiger partial charge in [0.1, 0.15) is 23.8 Å². The van der Waals surface area contributed by atoms with Gasteiger partial charge in [0, 0.05) is 95.3 Å². The summed E-state index contributed by atoms with van der Waals surface area (Å²) in [4.78, 5) is 69.4. The highest BCUT2D eigenvalue weighted by molar-refractivity contribution is 6.05. The van der Waals surface area contributed by atoms with E-state index in [2.05, 4.69) is 53.0 Å². The van der Waals surface area contributed by atoms with Gasteiger partial charge in [-0.25, -0.2) is 19.9 Å². The first-order chi connectivity index (χ1) is 35.6.